The van der Waals surface area contributed by atoms with Crippen LogP contribution in [-0.2, 0) is 41.1 Å². The zero-order valence-electron chi connectivity index (χ0n) is 36.3. The molecule has 61 heavy (non-hydrogen) atoms. The largest absolute Gasteiger partial charge is 0.496 e. The first-order valence-corrected chi connectivity index (χ1v) is 21.8. The highest BCUT2D eigenvalue weighted by Crippen LogP contribution is 2.68. The van der Waals surface area contributed by atoms with Gasteiger partial charge >= 0.3 is 11.9 Å². The van der Waals surface area contributed by atoms with Gasteiger partial charge in [-0.15, -0.1) is 0 Å². The van der Waals surface area contributed by atoms with Crippen molar-refractivity contribution in [2.24, 2.45) is 17.3 Å². The van der Waals surface area contributed by atoms with Crippen molar-refractivity contribution < 1.29 is 42.5 Å². The van der Waals surface area contributed by atoms with Crippen molar-refractivity contribution in [1.29, 1.82) is 0 Å². The van der Waals surface area contributed by atoms with Crippen LogP contribution in [0.5, 0.6) is 5.75 Å². The second kappa shape index (κ2) is 14.5. The van der Waals surface area contributed by atoms with Gasteiger partial charge in [0.1, 0.15) is 22.9 Å². The molecule has 6 aliphatic rings. The Morgan fingerprint density at radius 2 is 1.84 bits per heavy atom. The maximum absolute atomic E-state index is 15.4. The summed E-state index contributed by atoms with van der Waals surface area (Å²) in [7, 11) is 4.88. The van der Waals surface area contributed by atoms with E-state index in [0.29, 0.717) is 62.4 Å². The number of fused-ring (bicyclic) bond motifs is 6. The van der Waals surface area contributed by atoms with E-state index in [-0.39, 0.29) is 43.8 Å². The van der Waals surface area contributed by atoms with Gasteiger partial charge in [0.25, 0.3) is 0 Å². The molecule has 328 valence electrons. The number of esters is 2. The number of hydrogen-bond acceptors (Lipinski definition) is 10. The maximum Gasteiger partial charge on any atom is 0.322 e. The summed E-state index contributed by atoms with van der Waals surface area (Å²) in [6, 6.07) is 11.0. The number of aromatic amines is 1. The number of benzene rings is 2. The third kappa shape index (κ3) is 5.86. The Bertz CT molecular complexity index is 2310. The van der Waals surface area contributed by atoms with Crippen LogP contribution >= 0.6 is 0 Å². The number of aromatic nitrogens is 1. The SMILES string of the molecule is CC[C@]12C=CCN3CC[C@@]4(c5cc([C@@]6(C(=O)OC)C[C@@H]7C[C@@H](C(C)(F)F)CN(CCc8c6[nH]c6ccccc86)C7)c(OC)cc5N(C)[C@H]4[C@@](O)(CNC(C)=O)[C@@H]1OC(C)=O)[C@@H]32. The van der Waals surface area contributed by atoms with Crippen molar-refractivity contribution in [2.45, 2.75) is 100 Å². The molecule has 9 rings (SSSR count). The number of piperidine rings is 1. The van der Waals surface area contributed by atoms with Crippen molar-refractivity contribution in [3.8, 4) is 5.75 Å². The fourth-order valence-corrected chi connectivity index (χ4v) is 13.7. The number of ether oxygens (including phenoxy) is 3. The molecule has 6 heterocycles. The molecule has 3 fully saturated rings. The fourth-order valence-electron chi connectivity index (χ4n) is 13.7. The molecular formula is C47H59F2N5O7. The summed E-state index contributed by atoms with van der Waals surface area (Å²) in [6.07, 6.45) is 5.25. The summed E-state index contributed by atoms with van der Waals surface area (Å²) in [6.45, 7) is 8.34. The highest BCUT2D eigenvalue weighted by Gasteiger charge is 2.78. The van der Waals surface area contributed by atoms with Gasteiger partial charge in [0, 0.05) is 104 Å². The van der Waals surface area contributed by atoms with Crippen LogP contribution in [0.15, 0.2) is 48.6 Å². The lowest BCUT2D eigenvalue weighted by molar-refractivity contribution is -0.217. The topological polar surface area (TPSA) is 137 Å². The minimum Gasteiger partial charge on any atom is -0.496 e. The molecule has 14 heteroatoms. The first-order chi connectivity index (χ1) is 29.0. The van der Waals surface area contributed by atoms with Gasteiger partial charge in [0.2, 0.25) is 11.8 Å². The third-order valence-corrected chi connectivity index (χ3v) is 15.8. The number of methoxy groups -OCH3 is 2. The lowest BCUT2D eigenvalue weighted by atomic mass is 9.47. The number of para-hydroxylation sites is 1. The molecule has 0 radical (unpaired) electrons. The second-order valence-electron chi connectivity index (χ2n) is 18.9. The predicted octanol–water partition coefficient (Wildman–Crippen LogP) is 5.08. The lowest BCUT2D eigenvalue weighted by Gasteiger charge is -2.64. The van der Waals surface area contributed by atoms with E-state index in [9.17, 15) is 14.7 Å². The second-order valence-corrected chi connectivity index (χ2v) is 18.9. The smallest absolute Gasteiger partial charge is 0.322 e. The van der Waals surface area contributed by atoms with E-state index < -0.39 is 57.8 Å². The van der Waals surface area contributed by atoms with Crippen LogP contribution in [0.1, 0.15) is 75.8 Å². The van der Waals surface area contributed by atoms with Crippen LogP contribution in [0.4, 0.5) is 14.5 Å². The molecule has 10 atom stereocenters. The lowest BCUT2D eigenvalue weighted by Crippen LogP contribution is -2.81. The summed E-state index contributed by atoms with van der Waals surface area (Å²) in [5.74, 6) is -5.09. The van der Waals surface area contributed by atoms with Crippen molar-refractivity contribution >= 4 is 34.4 Å². The molecule has 12 nitrogen and oxygen atoms in total. The van der Waals surface area contributed by atoms with Gasteiger partial charge in [-0.3, -0.25) is 19.3 Å². The van der Waals surface area contributed by atoms with E-state index in [1.54, 1.807) is 7.11 Å². The van der Waals surface area contributed by atoms with Crippen molar-refractivity contribution in [1.82, 2.24) is 20.1 Å². The number of anilines is 1. The monoisotopic (exact) mass is 843 g/mol. The van der Waals surface area contributed by atoms with E-state index in [0.717, 1.165) is 34.6 Å². The van der Waals surface area contributed by atoms with Gasteiger partial charge in [-0.1, -0.05) is 37.3 Å². The average molecular weight is 844 g/mol. The molecule has 2 bridgehead atoms. The van der Waals surface area contributed by atoms with Gasteiger partial charge < -0.3 is 39.4 Å². The Kier molecular flexibility index (Phi) is 9.95. The number of carbonyl (C=O) groups is 3. The van der Waals surface area contributed by atoms with Gasteiger partial charge in [0.15, 0.2) is 0 Å². The van der Waals surface area contributed by atoms with Crippen LogP contribution in [0.25, 0.3) is 10.9 Å². The highest BCUT2D eigenvalue weighted by atomic mass is 19.3. The van der Waals surface area contributed by atoms with Gasteiger partial charge in [-0.05, 0) is 74.8 Å². The molecule has 5 aliphatic heterocycles. The molecule has 3 aromatic rings. The number of nitrogens with one attached hydrogen (secondary N) is 2. The molecule has 3 N–H and O–H groups in total. The van der Waals surface area contributed by atoms with E-state index in [1.807, 2.05) is 37.4 Å². The van der Waals surface area contributed by atoms with Crippen molar-refractivity contribution in [3.05, 3.63) is 70.9 Å². The number of likely N-dealkylation sites (N-methyl/N-ethyl adjacent to an activating group) is 1. The fraction of sp³-hybridized carbons (Fsp3) is 0.596. The Morgan fingerprint density at radius 3 is 2.52 bits per heavy atom. The molecule has 1 aromatic heterocycles. The van der Waals surface area contributed by atoms with Gasteiger partial charge in [0.05, 0.1) is 26.8 Å². The number of H-pyrrole nitrogens is 1. The summed E-state index contributed by atoms with van der Waals surface area (Å²) in [4.78, 5) is 51.4. The molecule has 2 saturated heterocycles. The Hall–Kier alpha value is -4.53. The highest BCUT2D eigenvalue weighted by molar-refractivity contribution is 5.94. The molecule has 1 unspecified atom stereocenters. The molecule has 2 aromatic carbocycles. The predicted molar refractivity (Wildman–Crippen MR) is 226 cm³/mol. The zero-order valence-corrected chi connectivity index (χ0v) is 36.3. The van der Waals surface area contributed by atoms with Crippen LogP contribution in [0.2, 0.25) is 0 Å². The summed E-state index contributed by atoms with van der Waals surface area (Å²) in [5.41, 5.74) is -0.293. The number of rotatable bonds is 8. The first kappa shape index (κ1) is 41.8. The van der Waals surface area contributed by atoms with E-state index in [2.05, 4.69) is 50.1 Å². The number of amides is 1. The van der Waals surface area contributed by atoms with Crippen LogP contribution in [0.3, 0.4) is 0 Å². The van der Waals surface area contributed by atoms with Gasteiger partial charge in [-0.25, -0.2) is 8.78 Å². The number of carbonyl (C=O) groups excluding carboxylic acids is 3. The molecule has 1 saturated carbocycles. The number of nitrogens with zero attached hydrogens (tertiary/aromatic N) is 3. The average Bonchev–Trinajstić information content (AvgIpc) is 3.89. The van der Waals surface area contributed by atoms with Crippen molar-refractivity contribution in [2.75, 3.05) is 65.4 Å². The van der Waals surface area contributed by atoms with Crippen LogP contribution < -0.4 is 15.0 Å². The van der Waals surface area contributed by atoms with Crippen molar-refractivity contribution in [3.63, 3.8) is 0 Å². The Labute approximate surface area is 355 Å². The number of hydrogen-bond donors (Lipinski definition) is 3. The molecular weight excluding hydrogens is 785 g/mol. The molecule has 1 amide bonds. The normalized spacial score (nSPS) is 35.2. The summed E-state index contributed by atoms with van der Waals surface area (Å²) in [5, 5.41) is 17.4. The standard InChI is InChI=1S/C47H59F2N5O7/c1-8-44-15-11-17-54-19-16-45(39(44)54)33-21-34(37(59-6)22-36(33)52(5)40(45)47(58,26-50-27(2)55)41(44)61-28(3)56)46(42(57)60-7)23-29-20-30(43(4,48)49)25-53(24-29)18-14-32-31-12-9-10-13-35(31)51-38(32)46/h9-13,15,21-22,29-30,39-41,51,58H,8,14,16-20,23-26H2,1-7H3,(H,50,55)/t29-,30+,39-,40+,41+,44+,45+,46-,47-/m0/s1. The minimum absolute atomic E-state index is 0.177. The maximum atomic E-state index is 15.4. The molecule has 1 aliphatic carbocycles. The first-order valence-electron chi connectivity index (χ1n) is 21.8. The summed E-state index contributed by atoms with van der Waals surface area (Å²) < 4.78 is 49.3. The molecule has 1 spiro atoms. The third-order valence-electron chi connectivity index (χ3n) is 15.8. The number of halogens is 2. The van der Waals surface area contributed by atoms with Crippen LogP contribution in [0, 0.1) is 17.3 Å². The van der Waals surface area contributed by atoms with E-state index in [4.69, 9.17) is 14.2 Å². The zero-order chi connectivity index (χ0) is 43.4. The van der Waals surface area contributed by atoms with E-state index in [1.165, 1.54) is 21.0 Å². The Balaban J connectivity index is 1.34. The minimum atomic E-state index is -2.92. The van der Waals surface area contributed by atoms with Crippen LogP contribution in [-0.4, -0.2) is 128 Å². The number of aliphatic hydroxyl groups is 1. The van der Waals surface area contributed by atoms with E-state index >= 15 is 13.6 Å². The Morgan fingerprint density at radius 1 is 1.07 bits per heavy atom. The summed E-state index contributed by atoms with van der Waals surface area (Å²) >= 11 is 0. The van der Waals surface area contributed by atoms with Gasteiger partial charge in [-0.2, -0.15) is 0 Å². The quantitative estimate of drug-likeness (QED) is 0.208. The number of alkyl halides is 2.